The molecule has 0 aliphatic rings. The van der Waals surface area contributed by atoms with Crippen LogP contribution in [0.15, 0.2) is 18.2 Å². The van der Waals surface area contributed by atoms with E-state index in [9.17, 15) is 31.5 Å². The van der Waals surface area contributed by atoms with E-state index in [4.69, 9.17) is 19.7 Å². The maximum absolute atomic E-state index is 12.9. The number of aliphatic carboxylic acids is 2. The number of hydrogen-bond donors (Lipinski definition) is 3. The smallest absolute Gasteiger partial charge is 0.490 e. The zero-order chi connectivity index (χ0) is 23.3. The number of carboxylic acid groups (broad SMARTS) is 2. The Morgan fingerprint density at radius 2 is 1.70 bits per heavy atom. The first-order valence-corrected chi connectivity index (χ1v) is 10.4. The first-order chi connectivity index (χ1) is 13.9. The number of ether oxygens (including phenoxy) is 1. The summed E-state index contributed by atoms with van der Waals surface area (Å²) in [7, 11) is 4.15. The summed E-state index contributed by atoms with van der Waals surface area (Å²) in [5.74, 6) is -2.92. The van der Waals surface area contributed by atoms with Crippen molar-refractivity contribution in [3.8, 4) is 5.75 Å². The molecule has 0 fully saturated rings. The lowest BCUT2D eigenvalue weighted by molar-refractivity contribution is -0.192. The lowest BCUT2D eigenvalue weighted by atomic mass is 10.1. The molecule has 30 heavy (non-hydrogen) atoms. The average molecular weight is 479 g/mol. The van der Waals surface area contributed by atoms with Gasteiger partial charge in [-0.3, -0.25) is 9.59 Å². The molecule has 170 valence electrons. The molecule has 0 bridgehead atoms. The fourth-order valence-electron chi connectivity index (χ4n) is 1.60. The normalized spacial score (nSPS) is 10.8. The maximum Gasteiger partial charge on any atom is 0.490 e. The molecule has 0 spiro atoms. The minimum Gasteiger partial charge on any atom is -0.496 e. The lowest BCUT2D eigenvalue weighted by Gasteiger charge is -2.10. The lowest BCUT2D eigenvalue weighted by Crippen LogP contribution is -2.25. The van der Waals surface area contributed by atoms with E-state index in [2.05, 4.69) is 5.32 Å². The molecule has 0 unspecified atom stereocenters. The molecule has 0 atom stereocenters. The molecule has 3 N–H and O–H groups in total. The fourth-order valence-corrected chi connectivity index (χ4v) is 3.49. The number of rotatable bonds is 10. The Morgan fingerprint density at radius 1 is 1.13 bits per heavy atom. The van der Waals surface area contributed by atoms with Gasteiger partial charge in [0.2, 0.25) is 0 Å². The van der Waals surface area contributed by atoms with E-state index in [1.54, 1.807) is 0 Å². The van der Waals surface area contributed by atoms with Crippen LogP contribution in [-0.4, -0.2) is 59.4 Å². The van der Waals surface area contributed by atoms with Gasteiger partial charge in [-0.15, -0.1) is 0 Å². The molecule has 1 aromatic carbocycles. The van der Waals surface area contributed by atoms with Gasteiger partial charge < -0.3 is 20.3 Å². The van der Waals surface area contributed by atoms with Crippen LogP contribution in [0.25, 0.3) is 0 Å². The SMILES string of the molecule is COc1ccc(C(=O)NCCSSCCC(=O)O)cc1C(F)F.O=C(O)C(F)(F)F. The van der Waals surface area contributed by atoms with E-state index in [-0.39, 0.29) is 23.3 Å². The van der Waals surface area contributed by atoms with Crippen LogP contribution in [0.2, 0.25) is 0 Å². The molecule has 0 saturated carbocycles. The van der Waals surface area contributed by atoms with Crippen molar-refractivity contribution in [2.45, 2.75) is 19.0 Å². The van der Waals surface area contributed by atoms with E-state index in [0.29, 0.717) is 18.1 Å². The van der Waals surface area contributed by atoms with Crippen LogP contribution in [-0.2, 0) is 9.59 Å². The predicted molar refractivity (Wildman–Crippen MR) is 101 cm³/mol. The minimum absolute atomic E-state index is 0.0435. The molecule has 0 saturated heterocycles. The third-order valence-electron chi connectivity index (χ3n) is 2.92. The number of nitrogens with one attached hydrogen (secondary N) is 1. The van der Waals surface area contributed by atoms with Crippen LogP contribution in [0.4, 0.5) is 22.0 Å². The van der Waals surface area contributed by atoms with Crippen molar-refractivity contribution in [3.05, 3.63) is 29.3 Å². The maximum atomic E-state index is 12.9. The van der Waals surface area contributed by atoms with Crippen molar-refractivity contribution < 1.29 is 51.3 Å². The number of carbonyl (C=O) groups excluding carboxylic acids is 1. The van der Waals surface area contributed by atoms with Crippen LogP contribution >= 0.6 is 21.6 Å². The minimum atomic E-state index is -5.08. The summed E-state index contributed by atoms with van der Waals surface area (Å²) < 4.78 is 62.3. The van der Waals surface area contributed by atoms with Gasteiger partial charge in [-0.1, -0.05) is 21.6 Å². The van der Waals surface area contributed by atoms with Gasteiger partial charge in [0.15, 0.2) is 0 Å². The summed E-state index contributed by atoms with van der Waals surface area (Å²) in [6, 6.07) is 3.88. The molecule has 1 rings (SSSR count). The monoisotopic (exact) mass is 479 g/mol. The van der Waals surface area contributed by atoms with Gasteiger partial charge in [0.1, 0.15) is 5.75 Å². The summed E-state index contributed by atoms with van der Waals surface area (Å²) >= 11 is 0. The second-order valence-electron chi connectivity index (χ2n) is 5.10. The summed E-state index contributed by atoms with van der Waals surface area (Å²) in [6.07, 6.45) is -7.72. The zero-order valence-corrected chi connectivity index (χ0v) is 17.0. The first kappa shape index (κ1) is 27.8. The molecule has 1 amide bonds. The number of carboxylic acids is 2. The number of hydrogen-bond acceptors (Lipinski definition) is 6. The highest BCUT2D eigenvalue weighted by Gasteiger charge is 2.38. The molecular weight excluding hydrogens is 461 g/mol. The van der Waals surface area contributed by atoms with Crippen molar-refractivity contribution in [2.75, 3.05) is 25.2 Å². The molecule has 0 aliphatic heterocycles. The standard InChI is InChI=1S/C14H17F2NO4S2.C2HF3O2/c1-21-11-3-2-9(8-10(11)13(15)16)14(20)17-5-7-23-22-6-4-12(18)19;3-2(4,5)1(6)7/h2-3,8,13H,4-7H2,1H3,(H,17,20)(H,18,19);(H,6,7). The Balaban J connectivity index is 0.00000103. The van der Waals surface area contributed by atoms with Crippen molar-refractivity contribution in [1.29, 1.82) is 0 Å². The summed E-state index contributed by atoms with van der Waals surface area (Å²) in [4.78, 5) is 31.1. The van der Waals surface area contributed by atoms with Crippen LogP contribution in [0, 0.1) is 0 Å². The molecule has 0 heterocycles. The van der Waals surface area contributed by atoms with Crippen LogP contribution in [0.5, 0.6) is 5.75 Å². The van der Waals surface area contributed by atoms with Gasteiger partial charge in [-0.25, -0.2) is 13.6 Å². The quantitative estimate of drug-likeness (QED) is 0.264. The second-order valence-corrected chi connectivity index (χ2v) is 7.81. The Bertz CT molecular complexity index is 718. The molecule has 7 nitrogen and oxygen atoms in total. The molecule has 0 aromatic heterocycles. The molecule has 0 radical (unpaired) electrons. The highest BCUT2D eigenvalue weighted by Crippen LogP contribution is 2.29. The van der Waals surface area contributed by atoms with Crippen LogP contribution < -0.4 is 10.1 Å². The van der Waals surface area contributed by atoms with E-state index in [0.717, 1.165) is 6.07 Å². The Labute approximate surface area is 175 Å². The summed E-state index contributed by atoms with van der Waals surface area (Å²) in [6.45, 7) is 0.361. The Kier molecular flexibility index (Phi) is 12.9. The van der Waals surface area contributed by atoms with Gasteiger partial charge in [0.25, 0.3) is 12.3 Å². The average Bonchev–Trinajstić information content (AvgIpc) is 2.65. The number of methoxy groups -OCH3 is 1. The van der Waals surface area contributed by atoms with Crippen LogP contribution in [0.1, 0.15) is 28.8 Å². The zero-order valence-electron chi connectivity index (χ0n) is 15.4. The molecule has 0 aliphatic carbocycles. The fraction of sp³-hybridized carbons (Fsp3) is 0.438. The van der Waals surface area contributed by atoms with Crippen molar-refractivity contribution in [1.82, 2.24) is 5.32 Å². The van der Waals surface area contributed by atoms with Crippen molar-refractivity contribution >= 4 is 39.4 Å². The van der Waals surface area contributed by atoms with Crippen molar-refractivity contribution in [3.63, 3.8) is 0 Å². The van der Waals surface area contributed by atoms with E-state index < -0.39 is 30.4 Å². The first-order valence-electron chi connectivity index (χ1n) is 7.90. The third kappa shape index (κ3) is 11.7. The van der Waals surface area contributed by atoms with Gasteiger partial charge >= 0.3 is 18.1 Å². The molecule has 14 heteroatoms. The Morgan fingerprint density at radius 3 is 2.17 bits per heavy atom. The number of benzene rings is 1. The third-order valence-corrected chi connectivity index (χ3v) is 5.33. The van der Waals surface area contributed by atoms with Gasteiger partial charge in [0, 0.05) is 23.6 Å². The van der Waals surface area contributed by atoms with Gasteiger partial charge in [-0.2, -0.15) is 13.2 Å². The van der Waals surface area contributed by atoms with E-state index in [1.807, 2.05) is 0 Å². The molecule has 1 aromatic rings. The largest absolute Gasteiger partial charge is 0.496 e. The van der Waals surface area contributed by atoms with Gasteiger partial charge in [0.05, 0.1) is 19.1 Å². The number of alkyl halides is 5. The highest BCUT2D eigenvalue weighted by molar-refractivity contribution is 8.76. The molecular formula is C16H18F5NO6S2. The highest BCUT2D eigenvalue weighted by atomic mass is 33.1. The Hall–Kier alpha value is -2.22. The van der Waals surface area contributed by atoms with Crippen molar-refractivity contribution in [2.24, 2.45) is 0 Å². The van der Waals surface area contributed by atoms with Crippen LogP contribution in [0.3, 0.4) is 0 Å². The topological polar surface area (TPSA) is 113 Å². The number of carbonyl (C=O) groups is 3. The number of amides is 1. The summed E-state index contributed by atoms with van der Waals surface area (Å²) in [5, 5.41) is 18.2. The predicted octanol–water partition coefficient (Wildman–Crippen LogP) is 3.85. The van der Waals surface area contributed by atoms with E-state index >= 15 is 0 Å². The number of halogens is 5. The second kappa shape index (κ2) is 13.9. The summed E-state index contributed by atoms with van der Waals surface area (Å²) in [5.41, 5.74) is -0.177. The van der Waals surface area contributed by atoms with E-state index in [1.165, 1.54) is 40.8 Å². The van der Waals surface area contributed by atoms with Gasteiger partial charge in [-0.05, 0) is 18.2 Å².